The van der Waals surface area contributed by atoms with Crippen LogP contribution in [-0.4, -0.2) is 56.2 Å². The number of nitrogens with one attached hydrogen (secondary N) is 2. The van der Waals surface area contributed by atoms with E-state index in [9.17, 15) is 8.78 Å². The van der Waals surface area contributed by atoms with Gasteiger partial charge in [0.2, 0.25) is 0 Å². The molecule has 0 aromatic heterocycles. The van der Waals surface area contributed by atoms with Crippen molar-refractivity contribution in [2.75, 3.05) is 39.3 Å². The zero-order valence-corrected chi connectivity index (χ0v) is 18.5. The van der Waals surface area contributed by atoms with Gasteiger partial charge in [-0.25, -0.2) is 13.8 Å². The van der Waals surface area contributed by atoms with Crippen molar-refractivity contribution < 1.29 is 13.5 Å². The average molecular weight is 496 g/mol. The standard InChI is InChI=1S/C19H30F2N4O.HI/c1-3-10-25-11-7-16(8-12-25)24-19(22-4-2)23-9-13-26-18-6-5-15(20)14-17(18)21;/h5-6,14,16H,3-4,7-13H2,1-2H3,(H2,22,23,24);1H. The van der Waals surface area contributed by atoms with Crippen LogP contribution >= 0.6 is 24.0 Å². The Bertz CT molecular complexity index is 581. The summed E-state index contributed by atoms with van der Waals surface area (Å²) in [6.07, 6.45) is 3.39. The normalized spacial score (nSPS) is 15.9. The van der Waals surface area contributed by atoms with Gasteiger partial charge in [-0.1, -0.05) is 6.92 Å². The number of piperidine rings is 1. The molecule has 0 unspecified atom stereocenters. The summed E-state index contributed by atoms with van der Waals surface area (Å²) >= 11 is 0. The Kier molecular flexibility index (Phi) is 11.6. The molecule has 0 atom stereocenters. The maximum Gasteiger partial charge on any atom is 0.191 e. The number of rotatable bonds is 8. The molecule has 5 nitrogen and oxygen atoms in total. The molecular formula is C19H31F2IN4O. The molecule has 0 saturated carbocycles. The van der Waals surface area contributed by atoms with Gasteiger partial charge in [0.25, 0.3) is 0 Å². The van der Waals surface area contributed by atoms with Gasteiger partial charge in [0, 0.05) is 31.7 Å². The lowest BCUT2D eigenvalue weighted by Crippen LogP contribution is -2.48. The molecule has 1 aliphatic rings. The van der Waals surface area contributed by atoms with Crippen molar-refractivity contribution in [2.24, 2.45) is 4.99 Å². The Labute approximate surface area is 178 Å². The third-order valence-electron chi connectivity index (χ3n) is 4.33. The molecule has 0 radical (unpaired) electrons. The molecule has 1 heterocycles. The SMILES string of the molecule is CCCN1CCC(NC(=NCCOc2ccc(F)cc2F)NCC)CC1.I. The first kappa shape index (κ1) is 23.9. The maximum absolute atomic E-state index is 13.5. The van der Waals surface area contributed by atoms with Crippen LogP contribution in [0.1, 0.15) is 33.1 Å². The molecular weight excluding hydrogens is 465 g/mol. The molecule has 0 amide bonds. The number of hydrogen-bond donors (Lipinski definition) is 2. The van der Waals surface area contributed by atoms with E-state index in [1.54, 1.807) is 0 Å². The van der Waals surface area contributed by atoms with Crippen molar-refractivity contribution in [2.45, 2.75) is 39.2 Å². The minimum atomic E-state index is -0.696. The van der Waals surface area contributed by atoms with Gasteiger partial charge in [-0.2, -0.15) is 0 Å². The van der Waals surface area contributed by atoms with E-state index in [2.05, 4.69) is 27.4 Å². The number of nitrogens with zero attached hydrogens (tertiary/aromatic N) is 2. The first-order chi connectivity index (χ1) is 12.6. The van der Waals surface area contributed by atoms with Crippen LogP contribution in [0.5, 0.6) is 5.75 Å². The Morgan fingerprint density at radius 1 is 1.26 bits per heavy atom. The van der Waals surface area contributed by atoms with E-state index < -0.39 is 11.6 Å². The Morgan fingerprint density at radius 3 is 2.63 bits per heavy atom. The van der Waals surface area contributed by atoms with E-state index in [-0.39, 0.29) is 36.3 Å². The minimum absolute atomic E-state index is 0. The average Bonchev–Trinajstić information content (AvgIpc) is 2.62. The first-order valence-electron chi connectivity index (χ1n) is 9.47. The van der Waals surface area contributed by atoms with Crippen molar-refractivity contribution in [1.82, 2.24) is 15.5 Å². The molecule has 154 valence electrons. The molecule has 1 aromatic carbocycles. The molecule has 1 fully saturated rings. The van der Waals surface area contributed by atoms with Crippen molar-refractivity contribution in [3.05, 3.63) is 29.8 Å². The highest BCUT2D eigenvalue weighted by atomic mass is 127. The third kappa shape index (κ3) is 8.59. The molecule has 2 N–H and O–H groups in total. The molecule has 2 rings (SSSR count). The molecule has 0 bridgehead atoms. The van der Waals surface area contributed by atoms with E-state index in [0.29, 0.717) is 12.6 Å². The number of hydrogen-bond acceptors (Lipinski definition) is 3. The van der Waals surface area contributed by atoms with E-state index >= 15 is 0 Å². The summed E-state index contributed by atoms with van der Waals surface area (Å²) in [6, 6.07) is 3.70. The van der Waals surface area contributed by atoms with Gasteiger partial charge in [-0.15, -0.1) is 24.0 Å². The monoisotopic (exact) mass is 496 g/mol. The number of ether oxygens (including phenoxy) is 1. The molecule has 1 aliphatic heterocycles. The fourth-order valence-electron chi connectivity index (χ4n) is 3.04. The number of aliphatic imine (C=N–C) groups is 1. The number of benzene rings is 1. The van der Waals surface area contributed by atoms with Crippen LogP contribution in [0.25, 0.3) is 0 Å². The fourth-order valence-corrected chi connectivity index (χ4v) is 3.04. The number of guanidine groups is 1. The molecule has 8 heteroatoms. The van der Waals surface area contributed by atoms with Crippen molar-refractivity contribution in [1.29, 1.82) is 0 Å². The highest BCUT2D eigenvalue weighted by molar-refractivity contribution is 14.0. The summed E-state index contributed by atoms with van der Waals surface area (Å²) in [4.78, 5) is 6.98. The number of likely N-dealkylation sites (tertiary alicyclic amines) is 1. The second-order valence-corrected chi connectivity index (χ2v) is 6.44. The fraction of sp³-hybridized carbons (Fsp3) is 0.632. The van der Waals surface area contributed by atoms with Crippen LogP contribution in [0, 0.1) is 11.6 Å². The van der Waals surface area contributed by atoms with Crippen LogP contribution in [0.3, 0.4) is 0 Å². The van der Waals surface area contributed by atoms with Crippen molar-refractivity contribution in [3.63, 3.8) is 0 Å². The topological polar surface area (TPSA) is 48.9 Å². The lowest BCUT2D eigenvalue weighted by molar-refractivity contribution is 0.206. The molecule has 27 heavy (non-hydrogen) atoms. The second kappa shape index (κ2) is 13.1. The van der Waals surface area contributed by atoms with Crippen LogP contribution in [0.15, 0.2) is 23.2 Å². The van der Waals surface area contributed by atoms with Crippen LogP contribution in [0.4, 0.5) is 8.78 Å². The zero-order valence-electron chi connectivity index (χ0n) is 16.1. The van der Waals surface area contributed by atoms with Gasteiger partial charge in [-0.05, 0) is 44.9 Å². The van der Waals surface area contributed by atoms with Gasteiger partial charge in [0.15, 0.2) is 17.5 Å². The molecule has 0 aliphatic carbocycles. The predicted octanol–water partition coefficient (Wildman–Crippen LogP) is 3.39. The summed E-state index contributed by atoms with van der Waals surface area (Å²) in [6.45, 7) is 9.00. The highest BCUT2D eigenvalue weighted by Crippen LogP contribution is 2.17. The van der Waals surface area contributed by atoms with Gasteiger partial charge in [0.1, 0.15) is 12.4 Å². The smallest absolute Gasteiger partial charge is 0.191 e. The van der Waals surface area contributed by atoms with Gasteiger partial charge in [0.05, 0.1) is 6.54 Å². The Balaban J connectivity index is 0.00000364. The lowest BCUT2D eigenvalue weighted by atomic mass is 10.1. The minimum Gasteiger partial charge on any atom is -0.489 e. The molecule has 1 saturated heterocycles. The molecule has 0 spiro atoms. The number of halogens is 3. The zero-order chi connectivity index (χ0) is 18.8. The summed E-state index contributed by atoms with van der Waals surface area (Å²) in [5.74, 6) is -0.512. The van der Waals surface area contributed by atoms with Crippen molar-refractivity contribution in [3.8, 4) is 5.75 Å². The van der Waals surface area contributed by atoms with E-state index in [1.807, 2.05) is 6.92 Å². The second-order valence-electron chi connectivity index (χ2n) is 6.44. The lowest BCUT2D eigenvalue weighted by Gasteiger charge is -2.32. The van der Waals surface area contributed by atoms with Gasteiger partial charge in [-0.3, -0.25) is 0 Å². The van der Waals surface area contributed by atoms with Crippen LogP contribution in [-0.2, 0) is 0 Å². The summed E-state index contributed by atoms with van der Waals surface area (Å²) in [7, 11) is 0. The summed E-state index contributed by atoms with van der Waals surface area (Å²) in [5.41, 5.74) is 0. The van der Waals surface area contributed by atoms with Gasteiger partial charge < -0.3 is 20.3 Å². The third-order valence-corrected chi connectivity index (χ3v) is 4.33. The summed E-state index contributed by atoms with van der Waals surface area (Å²) < 4.78 is 31.7. The maximum atomic E-state index is 13.5. The highest BCUT2D eigenvalue weighted by Gasteiger charge is 2.19. The van der Waals surface area contributed by atoms with Gasteiger partial charge >= 0.3 is 0 Å². The summed E-state index contributed by atoms with van der Waals surface area (Å²) in [5, 5.41) is 6.70. The molecule has 1 aromatic rings. The van der Waals surface area contributed by atoms with E-state index in [1.165, 1.54) is 18.6 Å². The quantitative estimate of drug-likeness (QED) is 0.251. The van der Waals surface area contributed by atoms with Crippen LogP contribution in [0.2, 0.25) is 0 Å². The van der Waals surface area contributed by atoms with Crippen LogP contribution < -0.4 is 15.4 Å². The first-order valence-corrected chi connectivity index (χ1v) is 9.47. The van der Waals surface area contributed by atoms with Crippen molar-refractivity contribution >= 4 is 29.9 Å². The van der Waals surface area contributed by atoms with E-state index in [0.717, 1.165) is 51.0 Å². The largest absolute Gasteiger partial charge is 0.489 e. The predicted molar refractivity (Wildman–Crippen MR) is 116 cm³/mol. The Morgan fingerprint density at radius 2 is 2.00 bits per heavy atom. The Hall–Kier alpha value is -1.16. The van der Waals surface area contributed by atoms with E-state index in [4.69, 9.17) is 4.74 Å².